The third kappa shape index (κ3) is 3.56. The zero-order chi connectivity index (χ0) is 16.4. The number of rotatable bonds is 4. The normalized spacial score (nSPS) is 16.4. The van der Waals surface area contributed by atoms with Crippen LogP contribution in [-0.2, 0) is 21.3 Å². The number of aliphatic hydroxyl groups is 1. The molecule has 0 fully saturated rings. The first-order chi connectivity index (χ1) is 9.53. The summed E-state index contributed by atoms with van der Waals surface area (Å²) in [5.74, 6) is -2.24. The van der Waals surface area contributed by atoms with Crippen molar-refractivity contribution in [1.82, 2.24) is 0 Å². The summed E-state index contributed by atoms with van der Waals surface area (Å²) in [4.78, 5) is 11.9. The Labute approximate surface area is 121 Å². The molecule has 2 unspecified atom stereocenters. The first-order valence-corrected chi connectivity index (χ1v) is 6.50. The largest absolute Gasteiger partial charge is 0.469 e. The van der Waals surface area contributed by atoms with E-state index in [0.29, 0.717) is 0 Å². The molecule has 1 N–H and O–H groups in total. The maximum absolute atomic E-state index is 13.1. The van der Waals surface area contributed by atoms with E-state index in [-0.39, 0.29) is 5.56 Å². The van der Waals surface area contributed by atoms with Crippen molar-refractivity contribution in [2.75, 3.05) is 7.11 Å². The molecule has 0 bridgehead atoms. The summed E-state index contributed by atoms with van der Waals surface area (Å²) in [7, 11) is 1.14. The molecule has 0 amide bonds. The molecule has 0 aliphatic heterocycles. The van der Waals surface area contributed by atoms with Crippen molar-refractivity contribution in [3.63, 3.8) is 0 Å². The monoisotopic (exact) mass is 304 g/mol. The van der Waals surface area contributed by atoms with Crippen molar-refractivity contribution in [2.24, 2.45) is 11.8 Å². The van der Waals surface area contributed by atoms with Crippen molar-refractivity contribution in [3.8, 4) is 0 Å². The summed E-state index contributed by atoms with van der Waals surface area (Å²) in [5, 5.41) is 10.7. The van der Waals surface area contributed by atoms with Crippen LogP contribution in [-0.4, -0.2) is 18.2 Å². The summed E-state index contributed by atoms with van der Waals surface area (Å²) < 4.78 is 43.9. The number of carbonyl (C=O) groups excluding carboxylic acids is 1. The Hall–Kier alpha value is -1.56. The Bertz CT molecular complexity index is 507. The van der Waals surface area contributed by atoms with E-state index in [1.165, 1.54) is 25.1 Å². The van der Waals surface area contributed by atoms with Crippen LogP contribution in [0.1, 0.15) is 31.9 Å². The predicted octanol–water partition coefficient (Wildman–Crippen LogP) is 3.36. The molecule has 1 rings (SSSR count). The Morgan fingerprint density at radius 3 is 2.05 bits per heavy atom. The summed E-state index contributed by atoms with van der Waals surface area (Å²) >= 11 is 0. The predicted molar refractivity (Wildman–Crippen MR) is 71.4 cm³/mol. The number of carbonyl (C=O) groups is 1. The van der Waals surface area contributed by atoms with E-state index in [1.54, 1.807) is 13.8 Å². The lowest BCUT2D eigenvalue weighted by atomic mass is 9.75. The van der Waals surface area contributed by atoms with E-state index in [0.717, 1.165) is 13.2 Å². The van der Waals surface area contributed by atoms with Gasteiger partial charge in [0.05, 0.1) is 18.6 Å². The number of alkyl halides is 3. The maximum Gasteiger partial charge on any atom is 0.416 e. The van der Waals surface area contributed by atoms with Crippen LogP contribution in [0.25, 0.3) is 0 Å². The number of hydrogen-bond acceptors (Lipinski definition) is 3. The molecule has 0 saturated carbocycles. The second-order valence-electron chi connectivity index (χ2n) is 5.44. The number of halogens is 3. The topological polar surface area (TPSA) is 46.5 Å². The average Bonchev–Trinajstić information content (AvgIpc) is 2.36. The van der Waals surface area contributed by atoms with Crippen LogP contribution < -0.4 is 0 Å². The lowest BCUT2D eigenvalue weighted by Crippen LogP contribution is -2.42. The van der Waals surface area contributed by atoms with Crippen LogP contribution in [0.2, 0.25) is 0 Å². The van der Waals surface area contributed by atoms with Crippen LogP contribution in [0.15, 0.2) is 24.3 Å². The van der Waals surface area contributed by atoms with Gasteiger partial charge in [0, 0.05) is 0 Å². The van der Waals surface area contributed by atoms with Gasteiger partial charge in [-0.05, 0) is 24.5 Å². The van der Waals surface area contributed by atoms with Gasteiger partial charge in [0.15, 0.2) is 0 Å². The quantitative estimate of drug-likeness (QED) is 0.868. The van der Waals surface area contributed by atoms with Crippen LogP contribution in [0.4, 0.5) is 13.2 Å². The Morgan fingerprint density at radius 1 is 1.19 bits per heavy atom. The maximum atomic E-state index is 13.1. The molecule has 0 aliphatic carbocycles. The van der Waals surface area contributed by atoms with Crippen molar-refractivity contribution in [3.05, 3.63) is 35.4 Å². The van der Waals surface area contributed by atoms with E-state index in [2.05, 4.69) is 4.74 Å². The zero-order valence-corrected chi connectivity index (χ0v) is 12.4. The summed E-state index contributed by atoms with van der Waals surface area (Å²) in [6.45, 7) is 4.50. The first-order valence-electron chi connectivity index (χ1n) is 6.50. The van der Waals surface area contributed by atoms with Gasteiger partial charge in [0.2, 0.25) is 0 Å². The van der Waals surface area contributed by atoms with Gasteiger partial charge in [-0.15, -0.1) is 0 Å². The number of benzene rings is 1. The minimum absolute atomic E-state index is 0.332. The van der Waals surface area contributed by atoms with E-state index in [4.69, 9.17) is 0 Å². The smallest absolute Gasteiger partial charge is 0.416 e. The standard InChI is InChI=1S/C15H19F3O3/c1-9(2)12(13(19)21-4)14(3,20)10-7-5-6-8-11(10)15(16,17)18/h5-9,12,20H,1-4H3. The summed E-state index contributed by atoms with van der Waals surface area (Å²) in [5.41, 5.74) is -3.28. The molecule has 21 heavy (non-hydrogen) atoms. The molecular weight excluding hydrogens is 285 g/mol. The number of ether oxygens (including phenoxy) is 1. The van der Waals surface area contributed by atoms with E-state index in [9.17, 15) is 23.1 Å². The third-order valence-corrected chi connectivity index (χ3v) is 3.51. The van der Waals surface area contributed by atoms with Gasteiger partial charge < -0.3 is 9.84 Å². The lowest BCUT2D eigenvalue weighted by Gasteiger charge is -2.35. The lowest BCUT2D eigenvalue weighted by molar-refractivity contribution is -0.162. The van der Waals surface area contributed by atoms with Gasteiger partial charge in [-0.25, -0.2) is 0 Å². The van der Waals surface area contributed by atoms with Gasteiger partial charge in [-0.2, -0.15) is 13.2 Å². The Balaban J connectivity index is 3.45. The van der Waals surface area contributed by atoms with Gasteiger partial charge in [-0.1, -0.05) is 32.0 Å². The second kappa shape index (κ2) is 6.05. The molecule has 1 aromatic rings. The second-order valence-corrected chi connectivity index (χ2v) is 5.44. The first kappa shape index (κ1) is 17.5. The molecular formula is C15H19F3O3. The molecule has 6 heteroatoms. The van der Waals surface area contributed by atoms with Gasteiger partial charge in [0.1, 0.15) is 5.60 Å². The Kier molecular flexibility index (Phi) is 5.04. The highest BCUT2D eigenvalue weighted by Gasteiger charge is 2.46. The van der Waals surface area contributed by atoms with Crippen molar-refractivity contribution in [1.29, 1.82) is 0 Å². The van der Waals surface area contributed by atoms with Crippen LogP contribution in [0, 0.1) is 11.8 Å². The van der Waals surface area contributed by atoms with Gasteiger partial charge in [0.25, 0.3) is 0 Å². The third-order valence-electron chi connectivity index (χ3n) is 3.51. The highest BCUT2D eigenvalue weighted by Crippen LogP contribution is 2.42. The van der Waals surface area contributed by atoms with Crippen LogP contribution >= 0.6 is 0 Å². The minimum atomic E-state index is -4.61. The molecule has 0 saturated heterocycles. The molecule has 2 atom stereocenters. The molecule has 0 spiro atoms. The van der Waals surface area contributed by atoms with E-state index in [1.807, 2.05) is 0 Å². The highest BCUT2D eigenvalue weighted by molar-refractivity contribution is 5.74. The fourth-order valence-electron chi connectivity index (χ4n) is 2.62. The SMILES string of the molecule is COC(=O)C(C(C)C)C(C)(O)c1ccccc1C(F)(F)F. The molecule has 0 aliphatic rings. The fraction of sp³-hybridized carbons (Fsp3) is 0.533. The minimum Gasteiger partial charge on any atom is -0.469 e. The van der Waals surface area contributed by atoms with Crippen molar-refractivity contribution in [2.45, 2.75) is 32.5 Å². The fourth-order valence-corrected chi connectivity index (χ4v) is 2.62. The summed E-state index contributed by atoms with van der Waals surface area (Å²) in [6, 6.07) is 4.71. The molecule has 0 radical (unpaired) electrons. The van der Waals surface area contributed by atoms with Crippen molar-refractivity contribution >= 4 is 5.97 Å². The van der Waals surface area contributed by atoms with Gasteiger partial charge >= 0.3 is 12.1 Å². The van der Waals surface area contributed by atoms with Crippen molar-refractivity contribution < 1.29 is 27.8 Å². The number of esters is 1. The van der Waals surface area contributed by atoms with Crippen LogP contribution in [0.3, 0.4) is 0 Å². The molecule has 0 aromatic heterocycles. The molecule has 0 heterocycles. The van der Waals surface area contributed by atoms with Crippen LogP contribution in [0.5, 0.6) is 0 Å². The molecule has 118 valence electrons. The number of hydrogen-bond donors (Lipinski definition) is 1. The average molecular weight is 304 g/mol. The number of methoxy groups -OCH3 is 1. The Morgan fingerprint density at radius 2 is 1.67 bits per heavy atom. The van der Waals surface area contributed by atoms with Gasteiger partial charge in [-0.3, -0.25) is 4.79 Å². The molecule has 1 aromatic carbocycles. The summed E-state index contributed by atoms with van der Waals surface area (Å²) in [6.07, 6.45) is -4.61. The van der Waals surface area contributed by atoms with E-state index < -0.39 is 35.1 Å². The highest BCUT2D eigenvalue weighted by atomic mass is 19.4. The zero-order valence-electron chi connectivity index (χ0n) is 12.4. The van der Waals surface area contributed by atoms with E-state index >= 15 is 0 Å². The molecule has 3 nitrogen and oxygen atoms in total.